The van der Waals surface area contributed by atoms with E-state index in [0.29, 0.717) is 17.2 Å². The lowest BCUT2D eigenvalue weighted by molar-refractivity contribution is -0.143. The van der Waals surface area contributed by atoms with Crippen LogP contribution in [0.1, 0.15) is 39.2 Å². The van der Waals surface area contributed by atoms with Gasteiger partial charge < -0.3 is 15.0 Å². The van der Waals surface area contributed by atoms with Gasteiger partial charge in [0, 0.05) is 23.0 Å². The van der Waals surface area contributed by atoms with Crippen LogP contribution in [0.2, 0.25) is 5.02 Å². The summed E-state index contributed by atoms with van der Waals surface area (Å²) in [4.78, 5) is 28.0. The molecular weight excluding hydrogens is 436 g/mol. The lowest BCUT2D eigenvalue weighted by Crippen LogP contribution is -2.51. The fourth-order valence-corrected chi connectivity index (χ4v) is 3.91. The minimum atomic E-state index is -0.626. The molecule has 33 heavy (non-hydrogen) atoms. The predicted octanol–water partition coefficient (Wildman–Crippen LogP) is 5.59. The summed E-state index contributed by atoms with van der Waals surface area (Å²) in [5, 5.41) is 5.54. The lowest BCUT2D eigenvalue weighted by atomic mass is 10.1. The summed E-state index contributed by atoms with van der Waals surface area (Å²) >= 11 is 6.38. The number of carbonyl (C=O) groups is 2. The second-order valence-corrected chi connectivity index (χ2v) is 8.53. The lowest BCUT2D eigenvalue weighted by Gasteiger charge is -2.31. The van der Waals surface area contributed by atoms with Gasteiger partial charge in [-0.2, -0.15) is 0 Å². The molecule has 6 heteroatoms. The zero-order chi connectivity index (χ0) is 23.8. The quantitative estimate of drug-likeness (QED) is 0.423. The third kappa shape index (κ3) is 6.26. The van der Waals surface area contributed by atoms with Crippen LogP contribution in [0, 0.1) is 0 Å². The van der Waals surface area contributed by atoms with Gasteiger partial charge in [-0.05, 0) is 42.8 Å². The van der Waals surface area contributed by atoms with E-state index in [-0.39, 0.29) is 31.0 Å². The molecule has 0 aromatic heterocycles. The Morgan fingerprint density at radius 3 is 2.39 bits per heavy atom. The van der Waals surface area contributed by atoms with Crippen LogP contribution in [0.3, 0.4) is 0 Å². The number of ether oxygens (including phenoxy) is 1. The summed E-state index contributed by atoms with van der Waals surface area (Å²) in [6.07, 6.45) is 1.29. The third-order valence-electron chi connectivity index (χ3n) is 5.79. The van der Waals surface area contributed by atoms with E-state index in [0.717, 1.165) is 22.8 Å². The fraction of sp³-hybridized carbons (Fsp3) is 0.333. The minimum Gasteiger partial charge on any atom is -0.483 e. The number of amides is 2. The normalized spacial score (nSPS) is 12.7. The topological polar surface area (TPSA) is 58.6 Å². The molecule has 174 valence electrons. The Balaban J connectivity index is 1.84. The number of carbonyl (C=O) groups excluding carboxylic acids is 2. The van der Waals surface area contributed by atoms with Crippen molar-refractivity contribution in [2.45, 2.75) is 52.2 Å². The second-order valence-electron chi connectivity index (χ2n) is 8.12. The van der Waals surface area contributed by atoms with Crippen LogP contribution in [0.4, 0.5) is 0 Å². The highest BCUT2D eigenvalue weighted by Gasteiger charge is 2.30. The molecule has 0 aliphatic carbocycles. The van der Waals surface area contributed by atoms with E-state index in [1.165, 1.54) is 0 Å². The van der Waals surface area contributed by atoms with Gasteiger partial charge in [-0.15, -0.1) is 0 Å². The van der Waals surface area contributed by atoms with Crippen LogP contribution in [0.5, 0.6) is 5.75 Å². The van der Waals surface area contributed by atoms with Gasteiger partial charge in [-0.25, -0.2) is 0 Å². The molecule has 0 fully saturated rings. The van der Waals surface area contributed by atoms with E-state index in [1.807, 2.05) is 81.4 Å². The second kappa shape index (κ2) is 11.7. The number of hydrogen-bond donors (Lipinski definition) is 1. The van der Waals surface area contributed by atoms with E-state index < -0.39 is 6.04 Å². The van der Waals surface area contributed by atoms with Gasteiger partial charge in [0.05, 0.1) is 0 Å². The van der Waals surface area contributed by atoms with Crippen molar-refractivity contribution < 1.29 is 14.3 Å². The maximum atomic E-state index is 13.4. The van der Waals surface area contributed by atoms with Crippen molar-refractivity contribution in [1.29, 1.82) is 0 Å². The molecule has 0 aliphatic rings. The third-order valence-corrected chi connectivity index (χ3v) is 6.15. The molecule has 3 aromatic carbocycles. The van der Waals surface area contributed by atoms with E-state index in [9.17, 15) is 9.59 Å². The predicted molar refractivity (Wildman–Crippen MR) is 133 cm³/mol. The number of nitrogens with one attached hydrogen (secondary N) is 1. The smallest absolute Gasteiger partial charge is 0.261 e. The Morgan fingerprint density at radius 1 is 0.970 bits per heavy atom. The molecule has 0 aliphatic heterocycles. The number of fused-ring (bicyclic) bond motifs is 1. The fourth-order valence-electron chi connectivity index (χ4n) is 3.71. The number of nitrogens with zero attached hydrogens (tertiary/aromatic N) is 1. The van der Waals surface area contributed by atoms with Crippen LogP contribution in [-0.2, 0) is 16.1 Å². The van der Waals surface area contributed by atoms with E-state index in [1.54, 1.807) is 11.0 Å². The molecule has 0 saturated carbocycles. The summed E-state index contributed by atoms with van der Waals surface area (Å²) in [5.41, 5.74) is 0.785. The van der Waals surface area contributed by atoms with Gasteiger partial charge in [-0.1, -0.05) is 80.0 Å². The van der Waals surface area contributed by atoms with Crippen molar-refractivity contribution in [3.8, 4) is 5.75 Å². The maximum Gasteiger partial charge on any atom is 0.261 e. The Kier molecular flexibility index (Phi) is 8.72. The van der Waals surface area contributed by atoms with Crippen molar-refractivity contribution in [3.63, 3.8) is 0 Å². The first kappa shape index (κ1) is 24.6. The first-order valence-electron chi connectivity index (χ1n) is 11.4. The largest absolute Gasteiger partial charge is 0.483 e. The van der Waals surface area contributed by atoms with E-state index >= 15 is 0 Å². The standard InChI is InChI=1S/C27H31ClN2O3/c1-4-19(3)29-27(32)24(5-2)30(17-21-12-7-9-15-23(21)28)26(31)18-33-25-16-10-13-20-11-6-8-14-22(20)25/h6-16,19,24H,4-5,17-18H2,1-3H3,(H,29,32). The van der Waals surface area contributed by atoms with Gasteiger partial charge in [0.25, 0.3) is 5.91 Å². The Morgan fingerprint density at radius 2 is 1.67 bits per heavy atom. The van der Waals surface area contributed by atoms with Gasteiger partial charge >= 0.3 is 0 Å². The molecule has 0 bridgehead atoms. The summed E-state index contributed by atoms with van der Waals surface area (Å²) in [6.45, 7) is 5.92. The Labute approximate surface area is 200 Å². The SMILES string of the molecule is CCC(C)NC(=O)C(CC)N(Cc1ccccc1Cl)C(=O)COc1cccc2ccccc12. The van der Waals surface area contributed by atoms with Gasteiger partial charge in [0.15, 0.2) is 6.61 Å². The number of hydrogen-bond acceptors (Lipinski definition) is 3. The average molecular weight is 467 g/mol. The van der Waals surface area contributed by atoms with Crippen molar-refractivity contribution in [2.24, 2.45) is 0 Å². The Hall–Kier alpha value is -3.05. The maximum absolute atomic E-state index is 13.4. The molecule has 0 spiro atoms. The molecule has 2 atom stereocenters. The molecule has 2 unspecified atom stereocenters. The zero-order valence-electron chi connectivity index (χ0n) is 19.4. The number of halogens is 1. The van der Waals surface area contributed by atoms with Crippen LogP contribution in [0.25, 0.3) is 10.8 Å². The molecule has 3 aromatic rings. The molecule has 3 rings (SSSR count). The minimum absolute atomic E-state index is 0.0238. The number of benzene rings is 3. The zero-order valence-corrected chi connectivity index (χ0v) is 20.1. The van der Waals surface area contributed by atoms with Gasteiger partial charge in [0.1, 0.15) is 11.8 Å². The van der Waals surface area contributed by atoms with Crippen LogP contribution < -0.4 is 10.1 Å². The number of rotatable bonds is 10. The van der Waals surface area contributed by atoms with Crippen LogP contribution in [0.15, 0.2) is 66.7 Å². The Bertz CT molecular complexity index is 1100. The van der Waals surface area contributed by atoms with Crippen molar-refractivity contribution >= 4 is 34.2 Å². The average Bonchev–Trinajstić information content (AvgIpc) is 2.83. The highest BCUT2D eigenvalue weighted by atomic mass is 35.5. The van der Waals surface area contributed by atoms with Crippen molar-refractivity contribution in [2.75, 3.05) is 6.61 Å². The van der Waals surface area contributed by atoms with Crippen molar-refractivity contribution in [3.05, 3.63) is 77.3 Å². The van der Waals surface area contributed by atoms with Crippen LogP contribution in [-0.4, -0.2) is 35.4 Å². The molecule has 2 amide bonds. The molecular formula is C27H31ClN2O3. The van der Waals surface area contributed by atoms with Crippen molar-refractivity contribution in [1.82, 2.24) is 10.2 Å². The monoisotopic (exact) mass is 466 g/mol. The first-order valence-corrected chi connectivity index (χ1v) is 11.8. The summed E-state index contributed by atoms with van der Waals surface area (Å²) in [5.74, 6) is 0.197. The summed E-state index contributed by atoms with van der Waals surface area (Å²) < 4.78 is 5.95. The van der Waals surface area contributed by atoms with Gasteiger partial charge in [-0.3, -0.25) is 9.59 Å². The van der Waals surface area contributed by atoms with E-state index in [2.05, 4.69) is 5.32 Å². The van der Waals surface area contributed by atoms with E-state index in [4.69, 9.17) is 16.3 Å². The highest BCUT2D eigenvalue weighted by Crippen LogP contribution is 2.26. The van der Waals surface area contributed by atoms with Crippen LogP contribution >= 0.6 is 11.6 Å². The molecule has 0 heterocycles. The first-order chi connectivity index (χ1) is 15.9. The summed E-state index contributed by atoms with van der Waals surface area (Å²) in [7, 11) is 0. The molecule has 0 radical (unpaired) electrons. The molecule has 0 saturated heterocycles. The molecule has 5 nitrogen and oxygen atoms in total. The summed E-state index contributed by atoms with van der Waals surface area (Å²) in [6, 6.07) is 20.4. The van der Waals surface area contributed by atoms with Gasteiger partial charge in [0.2, 0.25) is 5.91 Å². The highest BCUT2D eigenvalue weighted by molar-refractivity contribution is 6.31. The molecule has 1 N–H and O–H groups in total.